The highest BCUT2D eigenvalue weighted by Crippen LogP contribution is 2.30. The first-order valence-electron chi connectivity index (χ1n) is 8.10. The molecule has 3 N–H and O–H groups in total. The van der Waals surface area contributed by atoms with E-state index in [1.54, 1.807) is 18.2 Å². The molecule has 0 heterocycles. The Labute approximate surface area is 135 Å². The second-order valence-electron chi connectivity index (χ2n) is 6.13. The van der Waals surface area contributed by atoms with Crippen molar-refractivity contribution in [3.63, 3.8) is 0 Å². The molecule has 1 saturated carbocycles. The van der Waals surface area contributed by atoms with Crippen LogP contribution in [0.15, 0.2) is 42.5 Å². The molecular weight excluding hydrogens is 291 g/mol. The summed E-state index contributed by atoms with van der Waals surface area (Å²) in [5.74, 6) is -0.139. The van der Waals surface area contributed by atoms with Crippen LogP contribution in [0.25, 0.3) is 11.1 Å². The van der Waals surface area contributed by atoms with Gasteiger partial charge in [0.2, 0.25) is 5.91 Å². The Morgan fingerprint density at radius 1 is 1.00 bits per heavy atom. The van der Waals surface area contributed by atoms with Crippen molar-refractivity contribution in [3.05, 3.63) is 48.3 Å². The van der Waals surface area contributed by atoms with Gasteiger partial charge in [-0.05, 0) is 48.2 Å². The van der Waals surface area contributed by atoms with Gasteiger partial charge in [-0.25, -0.2) is 4.39 Å². The van der Waals surface area contributed by atoms with Gasteiger partial charge < -0.3 is 11.1 Å². The van der Waals surface area contributed by atoms with Crippen molar-refractivity contribution in [2.24, 2.45) is 5.92 Å². The highest BCUT2D eigenvalue weighted by molar-refractivity contribution is 5.96. The summed E-state index contributed by atoms with van der Waals surface area (Å²) in [5, 5.41) is 2.96. The average Bonchev–Trinajstić information content (AvgIpc) is 2.58. The van der Waals surface area contributed by atoms with Gasteiger partial charge in [0.15, 0.2) is 0 Å². The molecule has 3 rings (SSSR count). The van der Waals surface area contributed by atoms with E-state index in [1.165, 1.54) is 18.6 Å². The van der Waals surface area contributed by atoms with Crippen LogP contribution in [0.5, 0.6) is 0 Å². The zero-order valence-corrected chi connectivity index (χ0v) is 13.0. The largest absolute Gasteiger partial charge is 0.397 e. The van der Waals surface area contributed by atoms with Gasteiger partial charge in [-0.3, -0.25) is 4.79 Å². The van der Waals surface area contributed by atoms with Crippen LogP contribution in [0.4, 0.5) is 15.8 Å². The fourth-order valence-corrected chi connectivity index (χ4v) is 3.09. The van der Waals surface area contributed by atoms with Gasteiger partial charge in [-0.2, -0.15) is 0 Å². The Hall–Kier alpha value is -2.36. The Morgan fingerprint density at radius 2 is 1.65 bits per heavy atom. The molecule has 0 unspecified atom stereocenters. The summed E-state index contributed by atoms with van der Waals surface area (Å²) in [6, 6.07) is 11.8. The number of hydrogen-bond donors (Lipinski definition) is 2. The van der Waals surface area contributed by atoms with Crippen molar-refractivity contribution in [1.82, 2.24) is 0 Å². The molecule has 2 aromatic rings. The molecule has 0 bridgehead atoms. The van der Waals surface area contributed by atoms with E-state index in [9.17, 15) is 9.18 Å². The van der Waals surface area contributed by atoms with Crippen LogP contribution < -0.4 is 11.1 Å². The molecule has 1 fully saturated rings. The Morgan fingerprint density at radius 3 is 2.35 bits per heavy atom. The number of rotatable bonds is 3. The van der Waals surface area contributed by atoms with Crippen molar-refractivity contribution in [3.8, 4) is 11.1 Å². The number of anilines is 2. The van der Waals surface area contributed by atoms with Gasteiger partial charge in [-0.1, -0.05) is 37.5 Å². The monoisotopic (exact) mass is 312 g/mol. The van der Waals surface area contributed by atoms with E-state index in [0.717, 1.165) is 36.8 Å². The van der Waals surface area contributed by atoms with Crippen LogP contribution in [-0.2, 0) is 4.79 Å². The summed E-state index contributed by atoms with van der Waals surface area (Å²) >= 11 is 0. The minimum absolute atomic E-state index is 0.0488. The first-order chi connectivity index (χ1) is 11.1. The lowest BCUT2D eigenvalue weighted by Gasteiger charge is -2.21. The Bertz CT molecular complexity index is 691. The third-order valence-corrected chi connectivity index (χ3v) is 4.46. The Kier molecular flexibility index (Phi) is 4.60. The van der Waals surface area contributed by atoms with Crippen molar-refractivity contribution in [2.45, 2.75) is 32.1 Å². The molecule has 4 heteroatoms. The molecule has 2 aromatic carbocycles. The highest BCUT2D eigenvalue weighted by atomic mass is 19.1. The van der Waals surface area contributed by atoms with Crippen LogP contribution in [-0.4, -0.2) is 5.91 Å². The van der Waals surface area contributed by atoms with E-state index in [-0.39, 0.29) is 17.6 Å². The smallest absolute Gasteiger partial charge is 0.227 e. The summed E-state index contributed by atoms with van der Waals surface area (Å²) in [5.41, 5.74) is 8.95. The molecule has 0 radical (unpaired) electrons. The van der Waals surface area contributed by atoms with Gasteiger partial charge in [0.05, 0.1) is 11.4 Å². The van der Waals surface area contributed by atoms with Gasteiger partial charge in [0, 0.05) is 5.92 Å². The quantitative estimate of drug-likeness (QED) is 0.814. The van der Waals surface area contributed by atoms with E-state index < -0.39 is 0 Å². The van der Waals surface area contributed by atoms with Crippen molar-refractivity contribution in [2.75, 3.05) is 11.1 Å². The first kappa shape index (κ1) is 15.5. The molecule has 0 atom stereocenters. The molecule has 3 nitrogen and oxygen atoms in total. The maximum absolute atomic E-state index is 13.0. The number of nitrogens with one attached hydrogen (secondary N) is 1. The standard InChI is InChI=1S/C19H21FN2O/c20-16-9-6-13(7-10-16)15-8-11-17(21)18(12-15)22-19(23)14-4-2-1-3-5-14/h6-12,14H,1-5,21H2,(H,22,23). The molecular formula is C19H21FN2O. The van der Waals surface area contributed by atoms with E-state index in [2.05, 4.69) is 5.32 Å². The fraction of sp³-hybridized carbons (Fsp3) is 0.316. The molecule has 0 spiro atoms. The molecule has 1 aliphatic carbocycles. The predicted octanol–water partition coefficient (Wildman–Crippen LogP) is 4.59. The number of benzene rings is 2. The normalized spacial score (nSPS) is 15.3. The van der Waals surface area contributed by atoms with E-state index in [0.29, 0.717) is 11.4 Å². The van der Waals surface area contributed by atoms with Gasteiger partial charge in [0.1, 0.15) is 5.82 Å². The van der Waals surface area contributed by atoms with Crippen LogP contribution in [0.2, 0.25) is 0 Å². The molecule has 23 heavy (non-hydrogen) atoms. The SMILES string of the molecule is Nc1ccc(-c2ccc(F)cc2)cc1NC(=O)C1CCCCC1. The summed E-state index contributed by atoms with van der Waals surface area (Å²) in [6.07, 6.45) is 5.34. The second-order valence-corrected chi connectivity index (χ2v) is 6.13. The summed E-state index contributed by atoms with van der Waals surface area (Å²) in [6.45, 7) is 0. The molecule has 0 aromatic heterocycles. The third-order valence-electron chi connectivity index (χ3n) is 4.46. The van der Waals surface area contributed by atoms with Gasteiger partial charge >= 0.3 is 0 Å². The van der Waals surface area contributed by atoms with Crippen molar-refractivity contribution >= 4 is 17.3 Å². The second kappa shape index (κ2) is 6.82. The van der Waals surface area contributed by atoms with E-state index >= 15 is 0 Å². The van der Waals surface area contributed by atoms with Crippen molar-refractivity contribution in [1.29, 1.82) is 0 Å². The topological polar surface area (TPSA) is 55.1 Å². The minimum Gasteiger partial charge on any atom is -0.397 e. The zero-order valence-electron chi connectivity index (χ0n) is 13.0. The number of halogens is 1. The van der Waals surface area contributed by atoms with Gasteiger partial charge in [-0.15, -0.1) is 0 Å². The Balaban J connectivity index is 1.80. The van der Waals surface area contributed by atoms with E-state index in [4.69, 9.17) is 5.73 Å². The number of nitrogen functional groups attached to an aromatic ring is 1. The third kappa shape index (κ3) is 3.70. The van der Waals surface area contributed by atoms with Crippen molar-refractivity contribution < 1.29 is 9.18 Å². The van der Waals surface area contributed by atoms with Crippen LogP contribution in [0.3, 0.4) is 0 Å². The van der Waals surface area contributed by atoms with Crippen LogP contribution in [0.1, 0.15) is 32.1 Å². The van der Waals surface area contributed by atoms with Gasteiger partial charge in [0.25, 0.3) is 0 Å². The fourth-order valence-electron chi connectivity index (χ4n) is 3.09. The zero-order chi connectivity index (χ0) is 16.2. The number of carbonyl (C=O) groups is 1. The summed E-state index contributed by atoms with van der Waals surface area (Å²) < 4.78 is 13.0. The predicted molar refractivity (Wildman–Crippen MR) is 91.5 cm³/mol. The highest BCUT2D eigenvalue weighted by Gasteiger charge is 2.21. The lowest BCUT2D eigenvalue weighted by Crippen LogP contribution is -2.25. The molecule has 1 amide bonds. The molecule has 0 aliphatic heterocycles. The molecule has 120 valence electrons. The maximum atomic E-state index is 13.0. The molecule has 1 aliphatic rings. The number of nitrogens with two attached hydrogens (primary N) is 1. The van der Waals surface area contributed by atoms with E-state index in [1.807, 2.05) is 12.1 Å². The van der Waals surface area contributed by atoms with Crippen LogP contribution >= 0.6 is 0 Å². The summed E-state index contributed by atoms with van der Waals surface area (Å²) in [7, 11) is 0. The maximum Gasteiger partial charge on any atom is 0.227 e. The lowest BCUT2D eigenvalue weighted by atomic mass is 9.88. The lowest BCUT2D eigenvalue weighted by molar-refractivity contribution is -0.120. The van der Waals surface area contributed by atoms with Crippen LogP contribution in [0, 0.1) is 11.7 Å². The minimum atomic E-state index is -0.269. The summed E-state index contributed by atoms with van der Waals surface area (Å²) in [4.78, 5) is 12.4. The first-order valence-corrected chi connectivity index (χ1v) is 8.10. The average molecular weight is 312 g/mol. The number of amides is 1. The number of carbonyl (C=O) groups excluding carboxylic acids is 1. The molecule has 0 saturated heterocycles. The number of hydrogen-bond acceptors (Lipinski definition) is 2.